The number of aryl methyl sites for hydroxylation is 3. The highest BCUT2D eigenvalue weighted by atomic mass is 32.2. The summed E-state index contributed by atoms with van der Waals surface area (Å²) in [5.74, 6) is -0.0916. The van der Waals surface area contributed by atoms with Crippen molar-refractivity contribution in [3.05, 3.63) is 88.7 Å². The molecule has 0 bridgehead atoms. The SMILES string of the molecule is Cc1ccc(Sc2cccc3c2C(NC(=O)c2ncccc2C)CCC3)cc1. The fourth-order valence-electron chi connectivity index (χ4n) is 3.76. The Balaban J connectivity index is 1.63. The molecule has 1 heterocycles. The summed E-state index contributed by atoms with van der Waals surface area (Å²) in [5.41, 5.74) is 5.28. The highest BCUT2D eigenvalue weighted by Crippen LogP contribution is 2.40. The van der Waals surface area contributed by atoms with Crippen molar-refractivity contribution in [3.63, 3.8) is 0 Å². The van der Waals surface area contributed by atoms with Crippen LogP contribution in [0.15, 0.2) is 70.6 Å². The van der Waals surface area contributed by atoms with Crippen LogP contribution in [0.2, 0.25) is 0 Å². The monoisotopic (exact) mass is 388 g/mol. The van der Waals surface area contributed by atoms with Crippen LogP contribution < -0.4 is 5.32 Å². The highest BCUT2D eigenvalue weighted by molar-refractivity contribution is 7.99. The molecule has 3 aromatic rings. The molecule has 0 radical (unpaired) electrons. The second-order valence-corrected chi connectivity index (χ2v) is 8.45. The van der Waals surface area contributed by atoms with E-state index < -0.39 is 0 Å². The fourth-order valence-corrected chi connectivity index (χ4v) is 4.82. The standard InChI is InChI=1S/C24H24N2OS/c1-16-11-13-19(14-12-16)28-21-10-4-8-18-7-3-9-20(22(18)21)26-24(27)23-17(2)6-5-15-25-23/h4-6,8,10-15,20H,3,7,9H2,1-2H3,(H,26,27). The van der Waals surface area contributed by atoms with Gasteiger partial charge in [0, 0.05) is 16.0 Å². The number of rotatable bonds is 4. The van der Waals surface area contributed by atoms with Gasteiger partial charge in [0.05, 0.1) is 6.04 Å². The van der Waals surface area contributed by atoms with E-state index in [1.165, 1.54) is 26.5 Å². The Morgan fingerprint density at radius 1 is 1.07 bits per heavy atom. The molecule has 4 heteroatoms. The third-order valence-corrected chi connectivity index (χ3v) is 6.31. The molecule has 0 saturated heterocycles. The van der Waals surface area contributed by atoms with E-state index in [-0.39, 0.29) is 11.9 Å². The van der Waals surface area contributed by atoms with Crippen molar-refractivity contribution in [1.29, 1.82) is 0 Å². The Labute approximate surface area is 170 Å². The minimum atomic E-state index is -0.0916. The quantitative estimate of drug-likeness (QED) is 0.627. The second-order valence-electron chi connectivity index (χ2n) is 7.33. The molecular weight excluding hydrogens is 364 g/mol. The van der Waals surface area contributed by atoms with Crippen molar-refractivity contribution >= 4 is 17.7 Å². The smallest absolute Gasteiger partial charge is 0.270 e. The number of hydrogen-bond donors (Lipinski definition) is 1. The second kappa shape index (κ2) is 8.19. The van der Waals surface area contributed by atoms with Crippen LogP contribution in [-0.2, 0) is 6.42 Å². The third-order valence-electron chi connectivity index (χ3n) is 5.22. The lowest BCUT2D eigenvalue weighted by Gasteiger charge is -2.28. The Bertz CT molecular complexity index is 998. The highest BCUT2D eigenvalue weighted by Gasteiger charge is 2.26. The van der Waals surface area contributed by atoms with Crippen molar-refractivity contribution in [3.8, 4) is 0 Å². The maximum Gasteiger partial charge on any atom is 0.270 e. The van der Waals surface area contributed by atoms with E-state index in [2.05, 4.69) is 59.7 Å². The first kappa shape index (κ1) is 18.8. The van der Waals surface area contributed by atoms with Crippen molar-refractivity contribution in [2.45, 2.75) is 48.9 Å². The summed E-state index contributed by atoms with van der Waals surface area (Å²) in [7, 11) is 0. The van der Waals surface area contributed by atoms with Crippen molar-refractivity contribution in [2.24, 2.45) is 0 Å². The van der Waals surface area contributed by atoms with E-state index in [0.717, 1.165) is 24.8 Å². The van der Waals surface area contributed by atoms with Gasteiger partial charge in [-0.25, -0.2) is 0 Å². The Hall–Kier alpha value is -2.59. The number of carbonyl (C=O) groups excluding carboxylic acids is 1. The molecule has 1 N–H and O–H groups in total. The number of nitrogens with zero attached hydrogens (tertiary/aromatic N) is 1. The maximum absolute atomic E-state index is 12.9. The summed E-state index contributed by atoms with van der Waals surface area (Å²) >= 11 is 1.77. The summed E-state index contributed by atoms with van der Waals surface area (Å²) in [4.78, 5) is 19.6. The van der Waals surface area contributed by atoms with Crippen LogP contribution in [0.5, 0.6) is 0 Å². The van der Waals surface area contributed by atoms with Gasteiger partial charge in [-0.15, -0.1) is 0 Å². The summed E-state index contributed by atoms with van der Waals surface area (Å²) in [6, 6.07) is 18.9. The zero-order valence-corrected chi connectivity index (χ0v) is 17.1. The Morgan fingerprint density at radius 2 is 1.89 bits per heavy atom. The predicted octanol–water partition coefficient (Wildman–Crippen LogP) is 5.66. The molecule has 1 amide bonds. The van der Waals surface area contributed by atoms with Gasteiger partial charge in [-0.2, -0.15) is 0 Å². The lowest BCUT2D eigenvalue weighted by atomic mass is 9.87. The van der Waals surface area contributed by atoms with E-state index in [9.17, 15) is 4.79 Å². The first-order valence-electron chi connectivity index (χ1n) is 9.70. The molecule has 1 atom stereocenters. The molecule has 0 saturated carbocycles. The minimum Gasteiger partial charge on any atom is -0.344 e. The van der Waals surface area contributed by atoms with Gasteiger partial charge in [-0.1, -0.05) is 47.7 Å². The van der Waals surface area contributed by atoms with E-state index in [0.29, 0.717) is 5.69 Å². The number of hydrogen-bond acceptors (Lipinski definition) is 3. The Morgan fingerprint density at radius 3 is 2.68 bits per heavy atom. The molecule has 1 aliphatic carbocycles. The number of pyridine rings is 1. The van der Waals surface area contributed by atoms with Gasteiger partial charge in [0.25, 0.3) is 5.91 Å². The van der Waals surface area contributed by atoms with Crippen LogP contribution >= 0.6 is 11.8 Å². The summed E-state index contributed by atoms with van der Waals surface area (Å²) in [6.07, 6.45) is 4.77. The molecule has 0 spiro atoms. The van der Waals surface area contributed by atoms with Crippen molar-refractivity contribution in [1.82, 2.24) is 10.3 Å². The molecule has 1 aliphatic rings. The van der Waals surface area contributed by atoms with Gasteiger partial charge in [0.1, 0.15) is 5.69 Å². The number of fused-ring (bicyclic) bond motifs is 1. The summed E-state index contributed by atoms with van der Waals surface area (Å²) in [6.45, 7) is 4.03. The minimum absolute atomic E-state index is 0.0202. The van der Waals surface area contributed by atoms with Crippen LogP contribution in [0.1, 0.15) is 51.6 Å². The van der Waals surface area contributed by atoms with Crippen LogP contribution in [0, 0.1) is 13.8 Å². The normalized spacial score (nSPS) is 15.7. The first-order chi connectivity index (χ1) is 13.6. The molecular formula is C24H24N2OS. The number of aromatic nitrogens is 1. The molecule has 0 aliphatic heterocycles. The van der Waals surface area contributed by atoms with Crippen molar-refractivity contribution in [2.75, 3.05) is 0 Å². The topological polar surface area (TPSA) is 42.0 Å². The van der Waals surface area contributed by atoms with E-state index in [1.54, 1.807) is 18.0 Å². The molecule has 2 aromatic carbocycles. The molecule has 1 unspecified atom stereocenters. The van der Waals surface area contributed by atoms with Gasteiger partial charge in [-0.05, 0) is 74.1 Å². The average molecular weight is 389 g/mol. The van der Waals surface area contributed by atoms with Gasteiger partial charge >= 0.3 is 0 Å². The number of nitrogens with one attached hydrogen (secondary N) is 1. The number of carbonyl (C=O) groups is 1. The fraction of sp³-hybridized carbons (Fsp3) is 0.250. The lowest BCUT2D eigenvalue weighted by molar-refractivity contribution is 0.0926. The molecule has 28 heavy (non-hydrogen) atoms. The van der Waals surface area contributed by atoms with Gasteiger partial charge in [-0.3, -0.25) is 9.78 Å². The third kappa shape index (κ3) is 3.97. The first-order valence-corrected chi connectivity index (χ1v) is 10.5. The molecule has 1 aromatic heterocycles. The zero-order valence-electron chi connectivity index (χ0n) is 16.2. The van der Waals surface area contributed by atoms with Gasteiger partial charge in [0.2, 0.25) is 0 Å². The van der Waals surface area contributed by atoms with E-state index in [4.69, 9.17) is 0 Å². The molecule has 142 valence electrons. The zero-order chi connectivity index (χ0) is 19.5. The van der Waals surface area contributed by atoms with E-state index >= 15 is 0 Å². The molecule has 0 fully saturated rings. The predicted molar refractivity (Wildman–Crippen MR) is 114 cm³/mol. The number of amides is 1. The van der Waals surface area contributed by atoms with Crippen molar-refractivity contribution < 1.29 is 4.79 Å². The summed E-state index contributed by atoms with van der Waals surface area (Å²) < 4.78 is 0. The summed E-state index contributed by atoms with van der Waals surface area (Å²) in [5, 5.41) is 3.25. The van der Waals surface area contributed by atoms with E-state index in [1.807, 2.05) is 19.1 Å². The van der Waals surface area contributed by atoms with Crippen LogP contribution in [0.4, 0.5) is 0 Å². The number of benzene rings is 2. The Kier molecular flexibility index (Phi) is 5.49. The van der Waals surface area contributed by atoms with Crippen LogP contribution in [0.3, 0.4) is 0 Å². The lowest BCUT2D eigenvalue weighted by Crippen LogP contribution is -2.32. The average Bonchev–Trinajstić information content (AvgIpc) is 2.70. The molecule has 4 rings (SSSR count). The van der Waals surface area contributed by atoms with Crippen LogP contribution in [0.25, 0.3) is 0 Å². The van der Waals surface area contributed by atoms with Gasteiger partial charge < -0.3 is 5.32 Å². The maximum atomic E-state index is 12.9. The van der Waals surface area contributed by atoms with Crippen LogP contribution in [-0.4, -0.2) is 10.9 Å². The largest absolute Gasteiger partial charge is 0.344 e. The molecule has 3 nitrogen and oxygen atoms in total. The van der Waals surface area contributed by atoms with Gasteiger partial charge in [0.15, 0.2) is 0 Å².